The summed E-state index contributed by atoms with van der Waals surface area (Å²) in [6.45, 7) is 6.56. The summed E-state index contributed by atoms with van der Waals surface area (Å²) in [5.41, 5.74) is 0. The van der Waals surface area contributed by atoms with Gasteiger partial charge in [0.15, 0.2) is 0 Å². The van der Waals surface area contributed by atoms with Gasteiger partial charge in [-0.25, -0.2) is 0 Å². The van der Waals surface area contributed by atoms with Crippen molar-refractivity contribution in [3.05, 3.63) is 30.3 Å². The molecule has 0 fully saturated rings. The van der Waals surface area contributed by atoms with Gasteiger partial charge in [-0.3, -0.25) is 0 Å². The van der Waals surface area contributed by atoms with E-state index in [1.54, 1.807) is 0 Å². The van der Waals surface area contributed by atoms with E-state index < -0.39 is 7.80 Å². The molecule has 62 valence electrons. The van der Waals surface area contributed by atoms with Crippen molar-refractivity contribution in [2.75, 3.05) is 0 Å². The number of hydrogen-bond acceptors (Lipinski definition) is 0. The van der Waals surface area contributed by atoms with Crippen molar-refractivity contribution in [2.45, 2.75) is 25.9 Å². The lowest BCUT2D eigenvalue weighted by atomic mass is 10.3. The van der Waals surface area contributed by atoms with Gasteiger partial charge in [0.05, 0.1) is 0 Å². The average molecular weight is 176 g/mol. The standard InChI is InChI=1S/C10H14BP/c1-10(2,3)12(11)9-7-5-4-6-8-9/h4-8H,1-3H3/t12-/m0/s1. The van der Waals surface area contributed by atoms with Crippen LogP contribution in [0.5, 0.6) is 0 Å². The Hall–Kier alpha value is -0.285. The first-order valence-electron chi connectivity index (χ1n) is 4.12. The molecule has 0 saturated heterocycles. The molecule has 0 bridgehead atoms. The van der Waals surface area contributed by atoms with Crippen LogP contribution in [0.1, 0.15) is 20.8 Å². The number of benzene rings is 1. The van der Waals surface area contributed by atoms with Crippen LogP contribution in [-0.4, -0.2) is 12.7 Å². The van der Waals surface area contributed by atoms with Crippen molar-refractivity contribution < 1.29 is 0 Å². The first-order valence-corrected chi connectivity index (χ1v) is 5.53. The average Bonchev–Trinajstić information content (AvgIpc) is 2.03. The topological polar surface area (TPSA) is 0 Å². The molecule has 0 aliphatic carbocycles. The van der Waals surface area contributed by atoms with E-state index in [9.17, 15) is 0 Å². The van der Waals surface area contributed by atoms with E-state index in [0.29, 0.717) is 0 Å². The van der Waals surface area contributed by atoms with Gasteiger partial charge >= 0.3 is 0 Å². The normalized spacial score (nSPS) is 14.2. The highest BCUT2D eigenvalue weighted by molar-refractivity contribution is 7.89. The van der Waals surface area contributed by atoms with E-state index in [1.165, 1.54) is 5.30 Å². The molecule has 12 heavy (non-hydrogen) atoms. The lowest BCUT2D eigenvalue weighted by Gasteiger charge is -2.28. The Morgan fingerprint density at radius 2 is 1.58 bits per heavy atom. The molecule has 2 radical (unpaired) electrons. The molecule has 0 saturated carbocycles. The third kappa shape index (κ3) is 2.35. The van der Waals surface area contributed by atoms with E-state index >= 15 is 0 Å². The van der Waals surface area contributed by atoms with Crippen molar-refractivity contribution in [2.24, 2.45) is 0 Å². The van der Waals surface area contributed by atoms with Crippen LogP contribution in [0.3, 0.4) is 0 Å². The Labute approximate surface area is 77.5 Å². The molecule has 0 heterocycles. The van der Waals surface area contributed by atoms with Crippen LogP contribution in [0, 0.1) is 0 Å². The van der Waals surface area contributed by atoms with Gasteiger partial charge in [0, 0.05) is 0 Å². The molecule has 0 aromatic heterocycles. The molecule has 1 rings (SSSR count). The van der Waals surface area contributed by atoms with E-state index in [-0.39, 0.29) is 5.16 Å². The molecule has 0 nitrogen and oxygen atoms in total. The fourth-order valence-electron chi connectivity index (χ4n) is 0.976. The molecule has 0 amide bonds. The molecule has 0 aliphatic rings. The van der Waals surface area contributed by atoms with Crippen LogP contribution in [0.15, 0.2) is 30.3 Å². The Morgan fingerprint density at radius 1 is 1.08 bits per heavy atom. The van der Waals surface area contributed by atoms with Crippen molar-refractivity contribution in [3.63, 3.8) is 0 Å². The Kier molecular flexibility index (Phi) is 2.96. The molecule has 0 unspecified atom stereocenters. The molecule has 2 heteroatoms. The van der Waals surface area contributed by atoms with E-state index in [0.717, 1.165) is 0 Å². The highest BCUT2D eigenvalue weighted by Crippen LogP contribution is 2.43. The first-order chi connectivity index (χ1) is 5.52. The third-order valence-corrected chi connectivity index (χ3v) is 4.06. The predicted octanol–water partition coefficient (Wildman–Crippen LogP) is 2.68. The summed E-state index contributed by atoms with van der Waals surface area (Å²) in [7, 11) is 5.62. The van der Waals surface area contributed by atoms with Crippen LogP contribution in [0.2, 0.25) is 0 Å². The molecular formula is C10H14BP. The van der Waals surface area contributed by atoms with Gasteiger partial charge in [-0.05, 0) is 10.5 Å². The summed E-state index contributed by atoms with van der Waals surface area (Å²) in [4.78, 5) is 0. The van der Waals surface area contributed by atoms with Crippen molar-refractivity contribution >= 4 is 20.7 Å². The van der Waals surface area contributed by atoms with Crippen LogP contribution in [0.25, 0.3) is 0 Å². The van der Waals surface area contributed by atoms with Crippen molar-refractivity contribution in [1.29, 1.82) is 0 Å². The van der Waals surface area contributed by atoms with E-state index in [4.69, 9.17) is 7.57 Å². The zero-order chi connectivity index (χ0) is 9.19. The van der Waals surface area contributed by atoms with Gasteiger partial charge < -0.3 is 0 Å². The van der Waals surface area contributed by atoms with Gasteiger partial charge in [0.2, 0.25) is 0 Å². The van der Waals surface area contributed by atoms with Crippen LogP contribution < -0.4 is 5.30 Å². The molecule has 1 atom stereocenters. The smallest absolute Gasteiger partial charge is 0.116 e. The predicted molar refractivity (Wildman–Crippen MR) is 58.5 cm³/mol. The zero-order valence-corrected chi connectivity index (χ0v) is 8.81. The highest BCUT2D eigenvalue weighted by atomic mass is 31.1. The van der Waals surface area contributed by atoms with Crippen LogP contribution >= 0.6 is 7.80 Å². The van der Waals surface area contributed by atoms with E-state index in [1.807, 2.05) is 18.2 Å². The number of rotatable bonds is 1. The fraction of sp³-hybridized carbons (Fsp3) is 0.400. The Balaban J connectivity index is 2.86. The zero-order valence-electron chi connectivity index (χ0n) is 7.91. The second kappa shape index (κ2) is 3.62. The lowest BCUT2D eigenvalue weighted by molar-refractivity contribution is 0.796. The fourth-order valence-corrected chi connectivity index (χ4v) is 2.24. The van der Waals surface area contributed by atoms with E-state index in [2.05, 4.69) is 32.9 Å². The van der Waals surface area contributed by atoms with Gasteiger partial charge in [0.1, 0.15) is 7.57 Å². The van der Waals surface area contributed by atoms with Gasteiger partial charge in [-0.1, -0.05) is 51.1 Å². The quantitative estimate of drug-likeness (QED) is 0.455. The molecule has 0 aliphatic heterocycles. The summed E-state index contributed by atoms with van der Waals surface area (Å²) < 4.78 is 0. The summed E-state index contributed by atoms with van der Waals surface area (Å²) in [5.74, 6) is 0. The summed E-state index contributed by atoms with van der Waals surface area (Å²) >= 11 is 0. The van der Waals surface area contributed by atoms with Gasteiger partial charge in [-0.15, -0.1) is 7.80 Å². The monoisotopic (exact) mass is 176 g/mol. The summed E-state index contributed by atoms with van der Waals surface area (Å²) in [6.07, 6.45) is 0. The molecule has 0 N–H and O–H groups in total. The van der Waals surface area contributed by atoms with Gasteiger partial charge in [-0.2, -0.15) is 0 Å². The second-order valence-electron chi connectivity index (χ2n) is 3.88. The summed E-state index contributed by atoms with van der Waals surface area (Å²) in [5, 5.41) is 1.48. The maximum Gasteiger partial charge on any atom is 0.116 e. The molecular weight excluding hydrogens is 162 g/mol. The maximum absolute atomic E-state index is 6.14. The van der Waals surface area contributed by atoms with Crippen molar-refractivity contribution in [3.8, 4) is 0 Å². The maximum atomic E-state index is 6.14. The summed E-state index contributed by atoms with van der Waals surface area (Å²) in [6, 6.07) is 10.3. The lowest BCUT2D eigenvalue weighted by Crippen LogP contribution is -2.18. The highest BCUT2D eigenvalue weighted by Gasteiger charge is 2.19. The first kappa shape index (κ1) is 9.80. The minimum atomic E-state index is -0.517. The third-order valence-electron chi connectivity index (χ3n) is 1.76. The molecule has 0 spiro atoms. The largest absolute Gasteiger partial charge is 0.121 e. The van der Waals surface area contributed by atoms with Gasteiger partial charge in [0.25, 0.3) is 0 Å². The molecule has 1 aromatic carbocycles. The number of hydrogen-bond donors (Lipinski definition) is 0. The minimum Gasteiger partial charge on any atom is -0.121 e. The Morgan fingerprint density at radius 3 is 2.00 bits per heavy atom. The Bertz CT molecular complexity index is 238. The van der Waals surface area contributed by atoms with Crippen LogP contribution in [0.4, 0.5) is 0 Å². The van der Waals surface area contributed by atoms with Crippen molar-refractivity contribution in [1.82, 2.24) is 0 Å². The minimum absolute atomic E-state index is 0.205. The SMILES string of the molecule is [B][P@@](c1ccccc1)C(C)(C)C. The molecule has 1 aromatic rings. The second-order valence-corrected chi connectivity index (χ2v) is 6.47. The van der Waals surface area contributed by atoms with Crippen LogP contribution in [-0.2, 0) is 0 Å².